The SMILES string of the molecule is CC(C)[C@@H]1NC(=O)[C@H](Cc2ccccc2)NC(=O)C2(Cc3ccccc3C2)NC(=O)[C@H](N)CSSC[C@H](C(=O)N2CCC[C@H]2C(=O)N[C@@H](CCCN=C(N)N)C(=O)NCC(N)=O)NC(=O)[C@H](CC(N)=O)NC1=O. The van der Waals surface area contributed by atoms with Crippen LogP contribution in [0.2, 0.25) is 0 Å². The van der Waals surface area contributed by atoms with E-state index in [4.69, 9.17) is 28.7 Å². The zero-order valence-electron chi connectivity index (χ0n) is 40.7. The molecule has 2 saturated heterocycles. The molecule has 396 valence electrons. The number of benzene rings is 2. The summed E-state index contributed by atoms with van der Waals surface area (Å²) in [4.78, 5) is 142. The largest absolute Gasteiger partial charge is 0.370 e. The van der Waals surface area contributed by atoms with E-state index in [1.54, 1.807) is 44.2 Å². The molecule has 2 aliphatic heterocycles. The summed E-state index contributed by atoms with van der Waals surface area (Å²) in [5.74, 6) is -9.03. The van der Waals surface area contributed by atoms with Crippen LogP contribution in [0.4, 0.5) is 0 Å². The van der Waals surface area contributed by atoms with E-state index in [0.29, 0.717) is 12.0 Å². The van der Waals surface area contributed by atoms with E-state index in [9.17, 15) is 47.9 Å². The van der Waals surface area contributed by atoms with Gasteiger partial charge in [0.05, 0.1) is 19.0 Å². The van der Waals surface area contributed by atoms with E-state index < -0.39 is 126 Å². The van der Waals surface area contributed by atoms with Gasteiger partial charge in [-0.25, -0.2) is 0 Å². The van der Waals surface area contributed by atoms with Crippen molar-refractivity contribution in [2.24, 2.45) is 39.6 Å². The molecule has 26 heteroatoms. The van der Waals surface area contributed by atoms with Crippen molar-refractivity contribution in [3.8, 4) is 0 Å². The monoisotopic (exact) mass is 1050 g/mol. The Bertz CT molecular complexity index is 2380. The van der Waals surface area contributed by atoms with E-state index in [1.807, 2.05) is 24.3 Å². The van der Waals surface area contributed by atoms with Crippen LogP contribution in [0.1, 0.15) is 62.6 Å². The lowest BCUT2D eigenvalue weighted by Gasteiger charge is -2.33. The maximum atomic E-state index is 14.7. The number of aliphatic imine (C=N–C) groups is 1. The Morgan fingerprint density at radius 3 is 2.07 bits per heavy atom. The van der Waals surface area contributed by atoms with Gasteiger partial charge in [-0.05, 0) is 48.3 Å². The number of hydrogen-bond donors (Lipinski definition) is 12. The summed E-state index contributed by atoms with van der Waals surface area (Å²) in [6.45, 7) is 2.93. The summed E-state index contributed by atoms with van der Waals surface area (Å²) >= 11 is 0. The lowest BCUT2D eigenvalue weighted by Crippen LogP contribution is -2.65. The van der Waals surface area contributed by atoms with Crippen molar-refractivity contribution in [2.45, 2.75) is 113 Å². The van der Waals surface area contributed by atoms with Crippen LogP contribution in [-0.2, 0) is 67.2 Å². The summed E-state index contributed by atoms with van der Waals surface area (Å²) in [5, 5.41) is 18.7. The predicted octanol–water partition coefficient (Wildman–Crippen LogP) is -3.79. The molecule has 0 saturated carbocycles. The Kier molecular flexibility index (Phi) is 20.8. The summed E-state index contributed by atoms with van der Waals surface area (Å²) in [6, 6.07) is 6.86. The minimum Gasteiger partial charge on any atom is -0.370 e. The van der Waals surface area contributed by atoms with Gasteiger partial charge in [0.25, 0.3) is 0 Å². The maximum Gasteiger partial charge on any atom is 0.247 e. The molecule has 0 unspecified atom stereocenters. The molecule has 2 heterocycles. The molecular weight excluding hydrogens is 985 g/mol. The van der Waals surface area contributed by atoms with Crippen LogP contribution < -0.4 is 65.9 Å². The highest BCUT2D eigenvalue weighted by Crippen LogP contribution is 2.32. The molecule has 17 N–H and O–H groups in total. The Hall–Kier alpha value is -6.93. The summed E-state index contributed by atoms with van der Waals surface area (Å²) < 4.78 is 0. The second-order valence-corrected chi connectivity index (χ2v) is 21.0. The molecule has 73 heavy (non-hydrogen) atoms. The van der Waals surface area contributed by atoms with Crippen molar-refractivity contribution >= 4 is 86.6 Å². The fraction of sp³-hybridized carbons (Fsp3) is 0.511. The van der Waals surface area contributed by atoms with Crippen molar-refractivity contribution in [3.05, 3.63) is 71.3 Å². The van der Waals surface area contributed by atoms with Crippen molar-refractivity contribution in [1.29, 1.82) is 0 Å². The molecule has 7 atom stereocenters. The first-order valence-corrected chi connectivity index (χ1v) is 26.3. The zero-order valence-corrected chi connectivity index (χ0v) is 42.3. The van der Waals surface area contributed by atoms with E-state index in [2.05, 4.69) is 42.2 Å². The van der Waals surface area contributed by atoms with Crippen LogP contribution in [0.15, 0.2) is 59.6 Å². The average Bonchev–Trinajstić information content (AvgIpc) is 3.99. The maximum absolute atomic E-state index is 14.7. The van der Waals surface area contributed by atoms with E-state index in [1.165, 1.54) is 4.90 Å². The fourth-order valence-corrected chi connectivity index (χ4v) is 10.9. The zero-order chi connectivity index (χ0) is 53.4. The lowest BCUT2D eigenvalue weighted by molar-refractivity contribution is -0.142. The molecule has 1 aliphatic carbocycles. The minimum absolute atomic E-state index is 0.0234. The predicted molar refractivity (Wildman–Crippen MR) is 273 cm³/mol. The normalized spacial score (nSPS) is 23.3. The summed E-state index contributed by atoms with van der Waals surface area (Å²) in [7, 11) is 2.14. The van der Waals surface area contributed by atoms with Gasteiger partial charge in [-0.1, -0.05) is 90.0 Å². The van der Waals surface area contributed by atoms with Gasteiger partial charge in [-0.2, -0.15) is 0 Å². The van der Waals surface area contributed by atoms with E-state index in [0.717, 1.165) is 32.7 Å². The topological polar surface area (TPSA) is 401 Å². The molecule has 0 aromatic heterocycles. The molecule has 0 bridgehead atoms. The molecule has 5 rings (SSSR count). The van der Waals surface area contributed by atoms with Gasteiger partial charge in [0, 0.05) is 43.9 Å². The molecule has 24 nitrogen and oxygen atoms in total. The second kappa shape index (κ2) is 26.7. The quantitative estimate of drug-likeness (QED) is 0.0352. The first kappa shape index (κ1) is 57.0. The highest BCUT2D eigenvalue weighted by Gasteiger charge is 2.47. The van der Waals surface area contributed by atoms with Gasteiger partial charge in [0.1, 0.15) is 41.8 Å². The second-order valence-electron chi connectivity index (χ2n) is 18.5. The number of rotatable bonds is 15. The fourth-order valence-electron chi connectivity index (χ4n) is 8.67. The van der Waals surface area contributed by atoms with Gasteiger partial charge in [0.15, 0.2) is 5.96 Å². The Balaban J connectivity index is 1.46. The van der Waals surface area contributed by atoms with Gasteiger partial charge >= 0.3 is 0 Å². The van der Waals surface area contributed by atoms with Crippen LogP contribution >= 0.6 is 21.6 Å². The Morgan fingerprint density at radius 1 is 0.795 bits per heavy atom. The van der Waals surface area contributed by atoms with Crippen molar-refractivity contribution in [2.75, 3.05) is 31.1 Å². The summed E-state index contributed by atoms with van der Waals surface area (Å²) in [6.07, 6.45) is 0.184. The molecular formula is C47H66N14O10S2. The number of amides is 10. The lowest BCUT2D eigenvalue weighted by atomic mass is 9.92. The molecule has 2 aromatic rings. The number of primary amides is 2. The number of nitrogens with zero attached hydrogens (tertiary/aromatic N) is 2. The van der Waals surface area contributed by atoms with Gasteiger partial charge in [-0.15, -0.1) is 0 Å². The third-order valence-corrected chi connectivity index (χ3v) is 14.9. The van der Waals surface area contributed by atoms with Crippen LogP contribution in [0.3, 0.4) is 0 Å². The first-order chi connectivity index (χ1) is 34.7. The summed E-state index contributed by atoms with van der Waals surface area (Å²) in [5.41, 5.74) is 28.8. The van der Waals surface area contributed by atoms with Crippen molar-refractivity contribution in [3.63, 3.8) is 0 Å². The van der Waals surface area contributed by atoms with Gasteiger partial charge in [0.2, 0.25) is 59.1 Å². The van der Waals surface area contributed by atoms with Gasteiger partial charge in [-0.3, -0.25) is 52.9 Å². The number of nitrogens with two attached hydrogens (primary N) is 5. The number of fused-ring (bicyclic) bond motifs is 1. The molecule has 2 fully saturated rings. The Morgan fingerprint density at radius 2 is 1.44 bits per heavy atom. The molecule has 3 aliphatic rings. The van der Waals surface area contributed by atoms with Crippen LogP contribution in [-0.4, -0.2) is 149 Å². The number of nitrogens with one attached hydrogen (secondary N) is 7. The van der Waals surface area contributed by atoms with Gasteiger partial charge < -0.3 is 70.8 Å². The average molecular weight is 1050 g/mol. The van der Waals surface area contributed by atoms with Crippen LogP contribution in [0.25, 0.3) is 0 Å². The molecule has 0 radical (unpaired) electrons. The minimum atomic E-state index is -1.67. The smallest absolute Gasteiger partial charge is 0.247 e. The Labute approximate surface area is 430 Å². The highest BCUT2D eigenvalue weighted by atomic mass is 33.1. The number of likely N-dealkylation sites (tertiary alicyclic amines) is 1. The van der Waals surface area contributed by atoms with Crippen molar-refractivity contribution in [1.82, 2.24) is 42.1 Å². The third kappa shape index (κ3) is 16.3. The highest BCUT2D eigenvalue weighted by molar-refractivity contribution is 8.76. The van der Waals surface area contributed by atoms with Crippen molar-refractivity contribution < 1.29 is 47.9 Å². The molecule has 2 aromatic carbocycles. The number of guanidine groups is 1. The third-order valence-electron chi connectivity index (χ3n) is 12.5. The number of carbonyl (C=O) groups is 10. The van der Waals surface area contributed by atoms with Crippen LogP contribution in [0.5, 0.6) is 0 Å². The number of hydrogen-bond acceptors (Lipinski definition) is 14. The van der Waals surface area contributed by atoms with E-state index >= 15 is 0 Å². The molecule has 10 amide bonds. The van der Waals surface area contributed by atoms with E-state index in [-0.39, 0.29) is 69.1 Å². The number of carbonyl (C=O) groups excluding carboxylic acids is 10. The molecule has 1 spiro atoms. The standard InChI is InChI=1S/C47H66N14O10S2/c1-25(2)37-43(69)56-32(19-35(49)62)40(66)57-33(44(70)61-17-9-15-34(61)42(68)55-30(14-8-16-53-46(51)52)39(65)54-22-36(50)63)24-73-72-23-29(48)38(64)60-47(20-27-12-6-7-13-28(27)21-47)45(71)58-31(41(67)59-37)18-26-10-4-3-5-11-26/h3-7,10-13,25,29-34,37H,8-9,14-24,48H2,1-2H3,(H2,49,62)(H2,50,63)(H,54,65)(H,55,68)(H,56,69)(H,57,66)(H,58,71)(H,59,67)(H,60,64)(H4,51,52,53)/t29-,30+,31+,32+,33-,34+,37+/m1/s1. The van der Waals surface area contributed by atoms with Crippen LogP contribution in [0, 0.1) is 5.92 Å². The first-order valence-electron chi connectivity index (χ1n) is 23.8.